The van der Waals surface area contributed by atoms with Crippen molar-refractivity contribution in [2.75, 3.05) is 19.6 Å². The first kappa shape index (κ1) is 20.9. The highest BCUT2D eigenvalue weighted by Gasteiger charge is 2.42. The van der Waals surface area contributed by atoms with Crippen molar-refractivity contribution in [2.24, 2.45) is 11.7 Å². The zero-order valence-corrected chi connectivity index (χ0v) is 16.1. The number of benzene rings is 1. The van der Waals surface area contributed by atoms with E-state index in [0.29, 0.717) is 19.6 Å². The van der Waals surface area contributed by atoms with Crippen LogP contribution in [0.3, 0.4) is 0 Å². The Balaban J connectivity index is 0.00000261. The maximum atomic E-state index is 13.1. The van der Waals surface area contributed by atoms with Gasteiger partial charge in [-0.3, -0.25) is 19.6 Å². The van der Waals surface area contributed by atoms with Crippen molar-refractivity contribution in [3.63, 3.8) is 0 Å². The predicted octanol–water partition coefficient (Wildman–Crippen LogP) is 2.15. The van der Waals surface area contributed by atoms with E-state index in [1.165, 1.54) is 16.4 Å². The summed E-state index contributed by atoms with van der Waals surface area (Å²) in [5, 5.41) is 14.9. The van der Waals surface area contributed by atoms with Crippen molar-refractivity contribution in [1.29, 1.82) is 0 Å². The molecule has 2 heterocycles. The average Bonchev–Trinajstić information content (AvgIpc) is 3.29. The molecule has 1 aliphatic rings. The minimum absolute atomic E-state index is 0. The van der Waals surface area contributed by atoms with Gasteiger partial charge in [0.1, 0.15) is 17.9 Å². The summed E-state index contributed by atoms with van der Waals surface area (Å²) in [5.41, 5.74) is 5.98. The Labute approximate surface area is 163 Å². The van der Waals surface area contributed by atoms with Crippen LogP contribution in [0.4, 0.5) is 5.69 Å². The van der Waals surface area contributed by atoms with Crippen molar-refractivity contribution in [3.8, 4) is 0 Å². The van der Waals surface area contributed by atoms with Gasteiger partial charge in [0.15, 0.2) is 0 Å². The summed E-state index contributed by atoms with van der Waals surface area (Å²) in [7, 11) is 0. The molecule has 1 aromatic carbocycles. The molecule has 8 nitrogen and oxygen atoms in total. The van der Waals surface area contributed by atoms with E-state index in [4.69, 9.17) is 5.73 Å². The largest absolute Gasteiger partial charge is 0.340 e. The highest BCUT2D eigenvalue weighted by molar-refractivity contribution is 5.85. The number of hydrogen-bond donors (Lipinski definition) is 1. The molecule has 0 bridgehead atoms. The number of carbonyl (C=O) groups is 1. The molecule has 2 atom stereocenters. The molecule has 2 N–H and O–H groups in total. The molecule has 0 radical (unpaired) electrons. The fourth-order valence-electron chi connectivity index (χ4n) is 3.55. The van der Waals surface area contributed by atoms with E-state index >= 15 is 0 Å². The fourth-order valence-corrected chi connectivity index (χ4v) is 3.55. The van der Waals surface area contributed by atoms with Crippen LogP contribution in [-0.4, -0.2) is 45.1 Å². The van der Waals surface area contributed by atoms with E-state index in [0.717, 1.165) is 6.20 Å². The number of nitrogens with two attached hydrogens (primary N) is 1. The van der Waals surface area contributed by atoms with Crippen LogP contribution in [-0.2, 0) is 10.3 Å². The highest BCUT2D eigenvalue weighted by atomic mass is 35.5. The topological polar surface area (TPSA) is 107 Å². The predicted molar refractivity (Wildman–Crippen MR) is 104 cm³/mol. The van der Waals surface area contributed by atoms with Crippen LogP contribution in [0.25, 0.3) is 0 Å². The van der Waals surface area contributed by atoms with Gasteiger partial charge in [0.05, 0.1) is 4.92 Å². The highest BCUT2D eigenvalue weighted by Crippen LogP contribution is 2.34. The molecule has 0 spiro atoms. The Hall–Kier alpha value is -2.45. The van der Waals surface area contributed by atoms with Crippen LogP contribution in [0.1, 0.15) is 25.3 Å². The molecule has 1 aliphatic heterocycles. The third-order valence-electron chi connectivity index (χ3n) is 5.13. The summed E-state index contributed by atoms with van der Waals surface area (Å²) in [6.45, 7) is 5.09. The van der Waals surface area contributed by atoms with E-state index in [-0.39, 0.29) is 35.8 Å². The first-order valence-corrected chi connectivity index (χ1v) is 8.58. The standard InChI is InChI=1S/C18H23N5O3.ClH/c1-18(2,22-11-15(9-20-22)23(25)26)17(24)21-10-14(8-19)16(12-21)13-6-4-3-5-7-13;/h3-7,9,11,14,16H,8,10,12,19H2,1-2H3;1H/t14-,16+;/m1./s1. The van der Waals surface area contributed by atoms with Crippen molar-refractivity contribution < 1.29 is 9.72 Å². The molecule has 146 valence electrons. The lowest BCUT2D eigenvalue weighted by Gasteiger charge is -2.29. The maximum absolute atomic E-state index is 13.1. The Morgan fingerprint density at radius 1 is 1.33 bits per heavy atom. The van der Waals surface area contributed by atoms with Gasteiger partial charge < -0.3 is 10.6 Å². The van der Waals surface area contributed by atoms with Crippen molar-refractivity contribution >= 4 is 24.0 Å². The molecule has 0 saturated carbocycles. The summed E-state index contributed by atoms with van der Waals surface area (Å²) in [5.74, 6) is 0.254. The zero-order chi connectivity index (χ0) is 18.9. The molecule has 3 rings (SSSR count). The SMILES string of the molecule is CC(C)(C(=O)N1C[C@@H](CN)[C@H](c2ccccc2)C1)n1cc([N+](=O)[O-])cn1.Cl. The molecule has 1 saturated heterocycles. The Bertz CT molecular complexity index is 808. The van der Waals surface area contributed by atoms with Crippen LogP contribution < -0.4 is 5.73 Å². The maximum Gasteiger partial charge on any atom is 0.307 e. The Kier molecular flexibility index (Phi) is 6.22. The summed E-state index contributed by atoms with van der Waals surface area (Å²) in [6.07, 6.45) is 2.46. The Morgan fingerprint density at radius 2 is 2.00 bits per heavy atom. The number of nitro groups is 1. The molecule has 2 aromatic rings. The van der Waals surface area contributed by atoms with Gasteiger partial charge >= 0.3 is 5.69 Å². The number of nitrogens with zero attached hydrogens (tertiary/aromatic N) is 4. The zero-order valence-electron chi connectivity index (χ0n) is 15.3. The first-order chi connectivity index (χ1) is 12.3. The van der Waals surface area contributed by atoms with Gasteiger partial charge in [0.2, 0.25) is 5.91 Å². The van der Waals surface area contributed by atoms with E-state index in [1.54, 1.807) is 18.7 Å². The number of aromatic nitrogens is 2. The van der Waals surface area contributed by atoms with Crippen molar-refractivity contribution in [2.45, 2.75) is 25.3 Å². The molecule has 9 heteroatoms. The van der Waals surface area contributed by atoms with Crippen molar-refractivity contribution in [3.05, 3.63) is 58.4 Å². The second kappa shape index (κ2) is 8.06. The van der Waals surface area contributed by atoms with E-state index in [1.807, 2.05) is 18.2 Å². The number of halogens is 1. The Morgan fingerprint density at radius 3 is 2.56 bits per heavy atom. The lowest BCUT2D eigenvalue weighted by molar-refractivity contribution is -0.385. The summed E-state index contributed by atoms with van der Waals surface area (Å²) in [4.78, 5) is 25.3. The molecule has 27 heavy (non-hydrogen) atoms. The summed E-state index contributed by atoms with van der Waals surface area (Å²) < 4.78 is 1.36. The minimum Gasteiger partial charge on any atom is -0.340 e. The van der Waals surface area contributed by atoms with Crippen LogP contribution >= 0.6 is 12.4 Å². The lowest BCUT2D eigenvalue weighted by atomic mass is 9.89. The average molecular weight is 394 g/mol. The second-order valence-corrected chi connectivity index (χ2v) is 7.18. The molecular formula is C18H24ClN5O3. The van der Waals surface area contributed by atoms with Gasteiger partial charge in [-0.1, -0.05) is 30.3 Å². The van der Waals surface area contributed by atoms with Crippen molar-refractivity contribution in [1.82, 2.24) is 14.7 Å². The number of amides is 1. The van der Waals surface area contributed by atoms with Gasteiger partial charge in [0.25, 0.3) is 0 Å². The van der Waals surface area contributed by atoms with E-state index < -0.39 is 10.5 Å². The number of rotatable bonds is 5. The second-order valence-electron chi connectivity index (χ2n) is 7.18. The molecule has 0 aliphatic carbocycles. The van der Waals surface area contributed by atoms with E-state index in [9.17, 15) is 14.9 Å². The number of hydrogen-bond acceptors (Lipinski definition) is 5. The van der Waals surface area contributed by atoms with Gasteiger partial charge in [0, 0.05) is 19.0 Å². The van der Waals surface area contributed by atoms with Crippen LogP contribution in [0.5, 0.6) is 0 Å². The van der Waals surface area contributed by atoms with Gasteiger partial charge in [-0.25, -0.2) is 0 Å². The quantitative estimate of drug-likeness (QED) is 0.618. The summed E-state index contributed by atoms with van der Waals surface area (Å²) >= 11 is 0. The van der Waals surface area contributed by atoms with E-state index in [2.05, 4.69) is 17.2 Å². The van der Waals surface area contributed by atoms with Gasteiger partial charge in [-0.2, -0.15) is 5.10 Å². The van der Waals surface area contributed by atoms with Gasteiger partial charge in [-0.15, -0.1) is 12.4 Å². The first-order valence-electron chi connectivity index (χ1n) is 8.58. The number of likely N-dealkylation sites (tertiary alicyclic amines) is 1. The summed E-state index contributed by atoms with van der Waals surface area (Å²) in [6, 6.07) is 10.1. The molecule has 1 aromatic heterocycles. The third kappa shape index (κ3) is 3.96. The number of carbonyl (C=O) groups excluding carboxylic acids is 1. The fraction of sp³-hybridized carbons (Fsp3) is 0.444. The minimum atomic E-state index is -1.01. The molecule has 0 unspecified atom stereocenters. The normalized spacial score (nSPS) is 19.6. The monoisotopic (exact) mass is 393 g/mol. The molecule has 1 amide bonds. The van der Waals surface area contributed by atoms with Gasteiger partial charge in [-0.05, 0) is 31.9 Å². The third-order valence-corrected chi connectivity index (χ3v) is 5.13. The lowest BCUT2D eigenvalue weighted by Crippen LogP contribution is -2.46. The molecular weight excluding hydrogens is 370 g/mol. The van der Waals surface area contributed by atoms with Crippen LogP contribution in [0, 0.1) is 16.0 Å². The molecule has 1 fully saturated rings. The smallest absolute Gasteiger partial charge is 0.307 e. The van der Waals surface area contributed by atoms with Crippen LogP contribution in [0.2, 0.25) is 0 Å². The van der Waals surface area contributed by atoms with Crippen LogP contribution in [0.15, 0.2) is 42.7 Å².